The summed E-state index contributed by atoms with van der Waals surface area (Å²) in [6.07, 6.45) is 1.64. The number of carbonyl (C=O) groups is 2. The maximum atomic E-state index is 13.4. The first-order chi connectivity index (χ1) is 17.7. The Bertz CT molecular complexity index is 1120. The molecule has 2 amide bonds. The molecule has 1 aliphatic heterocycles. The zero-order chi connectivity index (χ0) is 26.7. The maximum absolute atomic E-state index is 13.4. The number of benzene rings is 1. The van der Waals surface area contributed by atoms with Gasteiger partial charge in [-0.05, 0) is 57.7 Å². The Balaban J connectivity index is 1.57. The minimum Gasteiger partial charge on any atom is -0.489 e. The molecule has 2 aromatic rings. The molecule has 0 bridgehead atoms. The van der Waals surface area contributed by atoms with Crippen LogP contribution in [0.5, 0.6) is 11.5 Å². The van der Waals surface area contributed by atoms with Crippen molar-refractivity contribution >= 4 is 12.0 Å². The number of hydrogen-bond acceptors (Lipinski definition) is 8. The number of nitrogens with zero attached hydrogens (tertiary/aromatic N) is 3. The predicted octanol–water partition coefficient (Wildman–Crippen LogP) is 4.05. The minimum absolute atomic E-state index is 0.0649. The number of halogens is 2. The summed E-state index contributed by atoms with van der Waals surface area (Å²) in [7, 11) is 0. The number of nitrogens with two attached hydrogens (primary N) is 1. The average molecular weight is 523 g/mol. The largest absolute Gasteiger partial charge is 0.489 e. The summed E-state index contributed by atoms with van der Waals surface area (Å²) in [6, 6.07) is 3.48. The summed E-state index contributed by atoms with van der Waals surface area (Å²) in [5.41, 5.74) is 6.58. The van der Waals surface area contributed by atoms with Crippen molar-refractivity contribution in [2.75, 3.05) is 32.8 Å². The van der Waals surface area contributed by atoms with Crippen LogP contribution in [0, 0.1) is 5.92 Å². The summed E-state index contributed by atoms with van der Waals surface area (Å²) in [6.45, 7) is 3.80. The van der Waals surface area contributed by atoms with Crippen molar-refractivity contribution in [3.8, 4) is 23.0 Å². The fourth-order valence-electron chi connectivity index (χ4n) is 4.13. The van der Waals surface area contributed by atoms with Crippen molar-refractivity contribution in [2.24, 2.45) is 11.7 Å². The van der Waals surface area contributed by atoms with Gasteiger partial charge in [0.05, 0.1) is 19.3 Å². The Hall–Kier alpha value is -3.41. The maximum Gasteiger partial charge on any atom is 0.410 e. The van der Waals surface area contributed by atoms with E-state index in [0.29, 0.717) is 31.2 Å². The molecule has 1 saturated heterocycles. The molecule has 1 aromatic carbocycles. The van der Waals surface area contributed by atoms with Gasteiger partial charge in [0.2, 0.25) is 5.89 Å². The van der Waals surface area contributed by atoms with Gasteiger partial charge in [-0.15, -0.1) is 0 Å². The lowest BCUT2D eigenvalue weighted by Crippen LogP contribution is -2.55. The highest BCUT2D eigenvalue weighted by Gasteiger charge is 2.34. The number of hydrogen-bond donors (Lipinski definition) is 1. The molecular weight excluding hydrogens is 490 g/mol. The molecule has 2 atom stereocenters. The Kier molecular flexibility index (Phi) is 8.16. The number of rotatable bonds is 9. The second-order valence-corrected chi connectivity index (χ2v) is 9.31. The number of carbonyl (C=O) groups excluding carboxylic acids is 2. The molecular formula is C25H32F2N4O6. The van der Waals surface area contributed by atoms with E-state index in [2.05, 4.69) is 9.72 Å². The third kappa shape index (κ3) is 6.30. The summed E-state index contributed by atoms with van der Waals surface area (Å²) >= 11 is 0. The van der Waals surface area contributed by atoms with E-state index in [1.807, 2.05) is 6.92 Å². The molecule has 0 spiro atoms. The molecule has 2 heterocycles. The van der Waals surface area contributed by atoms with Crippen molar-refractivity contribution in [3.05, 3.63) is 29.7 Å². The number of piperazine rings is 1. The van der Waals surface area contributed by atoms with Crippen LogP contribution in [-0.2, 0) is 4.74 Å². The third-order valence-electron chi connectivity index (χ3n) is 6.26. The van der Waals surface area contributed by atoms with E-state index in [-0.39, 0.29) is 53.9 Å². The molecule has 0 unspecified atom stereocenters. The van der Waals surface area contributed by atoms with E-state index in [1.165, 1.54) is 18.2 Å². The SMILES string of the molecule is CCOC(=O)N1CCN(C(=O)c2nc(-c3ccc(OC(F)F)c(OCC4CC4)c3)oc2[C@H](C)N)C[C@H]1C. The number of alkyl halides is 2. The molecule has 2 aliphatic rings. The highest BCUT2D eigenvalue weighted by molar-refractivity contribution is 5.94. The normalized spacial score (nSPS) is 18.6. The van der Waals surface area contributed by atoms with Crippen LogP contribution < -0.4 is 15.2 Å². The van der Waals surface area contributed by atoms with E-state index >= 15 is 0 Å². The molecule has 37 heavy (non-hydrogen) atoms. The average Bonchev–Trinajstić information content (AvgIpc) is 3.57. The van der Waals surface area contributed by atoms with E-state index < -0.39 is 18.7 Å². The van der Waals surface area contributed by atoms with Crippen LogP contribution in [0.2, 0.25) is 0 Å². The molecule has 1 aliphatic carbocycles. The summed E-state index contributed by atoms with van der Waals surface area (Å²) < 4.78 is 47.1. The number of oxazole rings is 1. The molecule has 0 radical (unpaired) electrons. The van der Waals surface area contributed by atoms with Crippen LogP contribution in [0.1, 0.15) is 55.9 Å². The first-order valence-corrected chi connectivity index (χ1v) is 12.4. The second kappa shape index (κ2) is 11.3. The fourth-order valence-corrected chi connectivity index (χ4v) is 4.13. The first-order valence-electron chi connectivity index (χ1n) is 12.4. The van der Waals surface area contributed by atoms with E-state index in [9.17, 15) is 18.4 Å². The number of ether oxygens (including phenoxy) is 3. The Morgan fingerprint density at radius 1 is 1.24 bits per heavy atom. The van der Waals surface area contributed by atoms with Gasteiger partial charge in [0.15, 0.2) is 23.0 Å². The number of aromatic nitrogens is 1. The molecule has 2 N–H and O–H groups in total. The van der Waals surface area contributed by atoms with Gasteiger partial charge in [0, 0.05) is 31.2 Å². The van der Waals surface area contributed by atoms with Crippen LogP contribution in [0.3, 0.4) is 0 Å². The molecule has 202 valence electrons. The molecule has 12 heteroatoms. The molecule has 10 nitrogen and oxygen atoms in total. The van der Waals surface area contributed by atoms with Gasteiger partial charge >= 0.3 is 12.7 Å². The number of amides is 2. The Morgan fingerprint density at radius 3 is 2.62 bits per heavy atom. The van der Waals surface area contributed by atoms with Crippen LogP contribution in [0.25, 0.3) is 11.5 Å². The monoisotopic (exact) mass is 522 g/mol. The van der Waals surface area contributed by atoms with E-state index in [4.69, 9.17) is 19.6 Å². The topological polar surface area (TPSA) is 120 Å². The van der Waals surface area contributed by atoms with Gasteiger partial charge in [0.25, 0.3) is 5.91 Å². The molecule has 4 rings (SSSR count). The highest BCUT2D eigenvalue weighted by atomic mass is 19.3. The van der Waals surface area contributed by atoms with Crippen LogP contribution in [0.4, 0.5) is 13.6 Å². The van der Waals surface area contributed by atoms with Crippen LogP contribution in [0.15, 0.2) is 22.6 Å². The zero-order valence-electron chi connectivity index (χ0n) is 21.1. The van der Waals surface area contributed by atoms with Gasteiger partial charge in [-0.25, -0.2) is 9.78 Å². The van der Waals surface area contributed by atoms with Crippen molar-refractivity contribution < 1.29 is 37.0 Å². The Labute approximate surface area is 213 Å². The summed E-state index contributed by atoms with van der Waals surface area (Å²) in [4.78, 5) is 33.2. The minimum atomic E-state index is -3.00. The van der Waals surface area contributed by atoms with Crippen molar-refractivity contribution in [2.45, 2.75) is 52.3 Å². The second-order valence-electron chi connectivity index (χ2n) is 9.31. The van der Waals surface area contributed by atoms with Gasteiger partial charge < -0.3 is 34.2 Å². The molecule has 1 aromatic heterocycles. The van der Waals surface area contributed by atoms with Gasteiger partial charge in [-0.2, -0.15) is 8.78 Å². The van der Waals surface area contributed by atoms with Crippen LogP contribution in [-0.4, -0.2) is 72.3 Å². The Morgan fingerprint density at radius 2 is 2.00 bits per heavy atom. The van der Waals surface area contributed by atoms with Crippen molar-refractivity contribution in [1.82, 2.24) is 14.8 Å². The first kappa shape index (κ1) is 26.6. The molecule has 1 saturated carbocycles. The lowest BCUT2D eigenvalue weighted by Gasteiger charge is -2.38. The zero-order valence-corrected chi connectivity index (χ0v) is 21.1. The van der Waals surface area contributed by atoms with Crippen molar-refractivity contribution in [1.29, 1.82) is 0 Å². The third-order valence-corrected chi connectivity index (χ3v) is 6.26. The fraction of sp³-hybridized carbons (Fsp3) is 0.560. The van der Waals surface area contributed by atoms with Gasteiger partial charge in [-0.1, -0.05) is 0 Å². The van der Waals surface area contributed by atoms with Gasteiger partial charge in [0.1, 0.15) is 0 Å². The van der Waals surface area contributed by atoms with E-state index in [1.54, 1.807) is 23.6 Å². The lowest BCUT2D eigenvalue weighted by molar-refractivity contribution is -0.0515. The predicted molar refractivity (Wildman–Crippen MR) is 128 cm³/mol. The quantitative estimate of drug-likeness (QED) is 0.524. The standard InChI is InChI=1S/C25H32F2N4O6/c1-4-34-25(33)31-10-9-30(12-14(31)2)23(32)20-21(15(3)28)37-22(29-20)17-7-8-18(36-24(26)27)19(11-17)35-13-16-5-6-16/h7-8,11,14-16,24H,4-6,9-10,12-13,28H2,1-3H3/t14-,15+/m1/s1. The van der Waals surface area contributed by atoms with E-state index in [0.717, 1.165) is 12.8 Å². The summed E-state index contributed by atoms with van der Waals surface area (Å²) in [5, 5.41) is 0. The smallest absolute Gasteiger partial charge is 0.410 e. The highest BCUT2D eigenvalue weighted by Crippen LogP contribution is 2.37. The van der Waals surface area contributed by atoms with Crippen LogP contribution >= 0.6 is 0 Å². The summed E-state index contributed by atoms with van der Waals surface area (Å²) in [5.74, 6) is 0.374. The van der Waals surface area contributed by atoms with Crippen molar-refractivity contribution in [3.63, 3.8) is 0 Å². The lowest BCUT2D eigenvalue weighted by atomic mass is 10.1. The van der Waals surface area contributed by atoms with Gasteiger partial charge in [-0.3, -0.25) is 4.79 Å². The molecule has 2 fully saturated rings.